The van der Waals surface area contributed by atoms with Crippen LogP contribution in [0.15, 0.2) is 30.3 Å². The Kier molecular flexibility index (Phi) is 3.99. The lowest BCUT2D eigenvalue weighted by Gasteiger charge is -2.25. The van der Waals surface area contributed by atoms with Crippen LogP contribution < -0.4 is 5.32 Å². The van der Waals surface area contributed by atoms with E-state index in [0.29, 0.717) is 30.7 Å². The van der Waals surface area contributed by atoms with E-state index >= 15 is 0 Å². The summed E-state index contributed by atoms with van der Waals surface area (Å²) in [5.41, 5.74) is 1.04. The van der Waals surface area contributed by atoms with Crippen molar-refractivity contribution in [2.75, 3.05) is 13.1 Å². The van der Waals surface area contributed by atoms with Crippen molar-refractivity contribution in [3.8, 4) is 0 Å². The standard InChI is InChI=1S/C18H21N5O2/c1-12(24)22-9-14-7-16-20-21-17(23(16)11-15(14)10-22)18(25)19-8-13-5-3-2-4-6-13/h2-6,14-15H,7-11H2,1H3,(H,19,25)/t14-,15-/m1/s1. The number of hydrogen-bond donors (Lipinski definition) is 1. The number of benzene rings is 1. The lowest BCUT2D eigenvalue weighted by atomic mass is 9.89. The minimum absolute atomic E-state index is 0.117. The summed E-state index contributed by atoms with van der Waals surface area (Å²) in [6.45, 7) is 4.31. The van der Waals surface area contributed by atoms with Crippen molar-refractivity contribution in [2.24, 2.45) is 11.8 Å². The maximum atomic E-state index is 12.5. The molecule has 0 aliphatic carbocycles. The predicted octanol–water partition coefficient (Wildman–Crippen LogP) is 0.859. The number of carbonyl (C=O) groups excluding carboxylic acids is 2. The minimum atomic E-state index is -0.206. The molecule has 2 aliphatic heterocycles. The van der Waals surface area contributed by atoms with Crippen LogP contribution in [0.1, 0.15) is 28.9 Å². The molecule has 2 aliphatic rings. The van der Waals surface area contributed by atoms with Gasteiger partial charge in [-0.15, -0.1) is 10.2 Å². The fraction of sp³-hybridized carbons (Fsp3) is 0.444. The zero-order chi connectivity index (χ0) is 17.4. The van der Waals surface area contributed by atoms with Crippen LogP contribution in [0.2, 0.25) is 0 Å². The van der Waals surface area contributed by atoms with E-state index in [2.05, 4.69) is 15.5 Å². The Balaban J connectivity index is 1.46. The monoisotopic (exact) mass is 339 g/mol. The first-order valence-electron chi connectivity index (χ1n) is 8.61. The molecule has 0 unspecified atom stereocenters. The molecule has 1 aromatic heterocycles. The van der Waals surface area contributed by atoms with Crippen molar-refractivity contribution in [2.45, 2.75) is 26.4 Å². The number of likely N-dealkylation sites (tertiary alicyclic amines) is 1. The Hall–Kier alpha value is -2.70. The molecular formula is C18H21N5O2. The molecule has 2 aromatic rings. The van der Waals surface area contributed by atoms with E-state index in [4.69, 9.17) is 0 Å². The molecule has 3 heterocycles. The number of aromatic nitrogens is 3. The second kappa shape index (κ2) is 6.31. The van der Waals surface area contributed by atoms with Gasteiger partial charge >= 0.3 is 0 Å². The highest BCUT2D eigenvalue weighted by molar-refractivity contribution is 5.90. The number of hydrogen-bond acceptors (Lipinski definition) is 4. The van der Waals surface area contributed by atoms with Gasteiger partial charge in [0.15, 0.2) is 0 Å². The second-order valence-electron chi connectivity index (χ2n) is 6.87. The van der Waals surface area contributed by atoms with Gasteiger partial charge in [-0.1, -0.05) is 30.3 Å². The van der Waals surface area contributed by atoms with Crippen molar-refractivity contribution >= 4 is 11.8 Å². The largest absolute Gasteiger partial charge is 0.345 e. The van der Waals surface area contributed by atoms with Crippen LogP contribution in [0.25, 0.3) is 0 Å². The van der Waals surface area contributed by atoms with Crippen LogP contribution in [0.3, 0.4) is 0 Å². The third-order valence-corrected chi connectivity index (χ3v) is 5.21. The molecule has 0 radical (unpaired) electrons. The van der Waals surface area contributed by atoms with Crippen molar-refractivity contribution in [3.05, 3.63) is 47.5 Å². The number of carbonyl (C=O) groups is 2. The van der Waals surface area contributed by atoms with Crippen LogP contribution in [-0.4, -0.2) is 44.6 Å². The minimum Gasteiger partial charge on any atom is -0.345 e. The number of fused-ring (bicyclic) bond motifs is 2. The number of nitrogens with one attached hydrogen (secondary N) is 1. The molecule has 1 aromatic carbocycles. The lowest BCUT2D eigenvalue weighted by Crippen LogP contribution is -2.33. The first kappa shape index (κ1) is 15.8. The Morgan fingerprint density at radius 2 is 1.88 bits per heavy atom. The summed E-state index contributed by atoms with van der Waals surface area (Å²) in [6, 6.07) is 9.78. The smallest absolute Gasteiger partial charge is 0.289 e. The molecule has 7 heteroatoms. The van der Waals surface area contributed by atoms with E-state index in [1.165, 1.54) is 0 Å². The number of nitrogens with zero attached hydrogens (tertiary/aromatic N) is 4. The van der Waals surface area contributed by atoms with Crippen LogP contribution in [0.5, 0.6) is 0 Å². The predicted molar refractivity (Wildman–Crippen MR) is 90.6 cm³/mol. The zero-order valence-electron chi connectivity index (χ0n) is 14.2. The molecule has 7 nitrogen and oxygen atoms in total. The van der Waals surface area contributed by atoms with Gasteiger partial charge in [-0.05, 0) is 17.4 Å². The molecule has 25 heavy (non-hydrogen) atoms. The van der Waals surface area contributed by atoms with Gasteiger partial charge in [-0.2, -0.15) is 0 Å². The van der Waals surface area contributed by atoms with E-state index in [1.54, 1.807) is 6.92 Å². The first-order chi connectivity index (χ1) is 12.1. The van der Waals surface area contributed by atoms with Crippen LogP contribution >= 0.6 is 0 Å². The molecule has 1 fully saturated rings. The zero-order valence-corrected chi connectivity index (χ0v) is 14.2. The number of rotatable bonds is 3. The Labute approximate surface area is 146 Å². The van der Waals surface area contributed by atoms with Gasteiger partial charge in [0.05, 0.1) is 0 Å². The maximum absolute atomic E-state index is 12.5. The molecule has 4 rings (SSSR count). The SMILES string of the molecule is CC(=O)N1C[C@H]2Cc3nnc(C(=O)NCc4ccccc4)n3C[C@H]2C1. The van der Waals surface area contributed by atoms with Crippen LogP contribution in [-0.2, 0) is 24.3 Å². The first-order valence-corrected chi connectivity index (χ1v) is 8.61. The Morgan fingerprint density at radius 1 is 1.12 bits per heavy atom. The summed E-state index contributed by atoms with van der Waals surface area (Å²) in [7, 11) is 0. The average molecular weight is 339 g/mol. The van der Waals surface area contributed by atoms with Crippen molar-refractivity contribution < 1.29 is 9.59 Å². The van der Waals surface area contributed by atoms with Crippen molar-refractivity contribution in [1.82, 2.24) is 25.0 Å². The van der Waals surface area contributed by atoms with Crippen LogP contribution in [0.4, 0.5) is 0 Å². The summed E-state index contributed by atoms with van der Waals surface area (Å²) >= 11 is 0. The molecule has 0 bridgehead atoms. The van der Waals surface area contributed by atoms with Gasteiger partial charge in [0.2, 0.25) is 11.7 Å². The van der Waals surface area contributed by atoms with Gasteiger partial charge in [-0.3, -0.25) is 9.59 Å². The highest BCUT2D eigenvalue weighted by Crippen LogP contribution is 2.32. The highest BCUT2D eigenvalue weighted by atomic mass is 16.2. The van der Waals surface area contributed by atoms with Gasteiger partial charge in [-0.25, -0.2) is 0 Å². The molecular weight excluding hydrogens is 318 g/mol. The summed E-state index contributed by atoms with van der Waals surface area (Å²) in [5, 5.41) is 11.2. The molecule has 2 atom stereocenters. The second-order valence-corrected chi connectivity index (χ2v) is 6.87. The molecule has 0 saturated carbocycles. The molecule has 0 spiro atoms. The molecule has 1 N–H and O–H groups in total. The van der Waals surface area contributed by atoms with Gasteiger partial charge in [0.25, 0.3) is 5.91 Å². The van der Waals surface area contributed by atoms with E-state index in [0.717, 1.165) is 30.9 Å². The fourth-order valence-corrected chi connectivity index (χ4v) is 3.81. The quantitative estimate of drug-likeness (QED) is 0.899. The van der Waals surface area contributed by atoms with E-state index < -0.39 is 0 Å². The normalized spacial score (nSPS) is 21.6. The molecule has 2 amide bonds. The highest BCUT2D eigenvalue weighted by Gasteiger charge is 2.39. The van der Waals surface area contributed by atoms with Gasteiger partial charge in [0, 0.05) is 39.5 Å². The topological polar surface area (TPSA) is 80.1 Å². The van der Waals surface area contributed by atoms with Crippen molar-refractivity contribution in [1.29, 1.82) is 0 Å². The molecule has 1 saturated heterocycles. The fourth-order valence-electron chi connectivity index (χ4n) is 3.81. The lowest BCUT2D eigenvalue weighted by molar-refractivity contribution is -0.128. The van der Waals surface area contributed by atoms with Crippen molar-refractivity contribution in [3.63, 3.8) is 0 Å². The molecule has 130 valence electrons. The summed E-state index contributed by atoms with van der Waals surface area (Å²) < 4.78 is 1.92. The Morgan fingerprint density at radius 3 is 2.64 bits per heavy atom. The third kappa shape index (κ3) is 3.01. The van der Waals surface area contributed by atoms with E-state index in [1.807, 2.05) is 39.8 Å². The average Bonchev–Trinajstić information content (AvgIpc) is 3.22. The van der Waals surface area contributed by atoms with Crippen LogP contribution in [0, 0.1) is 11.8 Å². The summed E-state index contributed by atoms with van der Waals surface area (Å²) in [4.78, 5) is 26.0. The third-order valence-electron chi connectivity index (χ3n) is 5.21. The summed E-state index contributed by atoms with van der Waals surface area (Å²) in [5.74, 6) is 1.91. The van der Waals surface area contributed by atoms with Gasteiger partial charge in [0.1, 0.15) is 5.82 Å². The van der Waals surface area contributed by atoms with E-state index in [9.17, 15) is 9.59 Å². The maximum Gasteiger partial charge on any atom is 0.289 e. The summed E-state index contributed by atoms with van der Waals surface area (Å²) in [6.07, 6.45) is 0.771. The van der Waals surface area contributed by atoms with E-state index in [-0.39, 0.29) is 11.8 Å². The Bertz CT molecular complexity index is 801. The van der Waals surface area contributed by atoms with Gasteiger partial charge < -0.3 is 14.8 Å². The number of amides is 2.